The molecule has 1 fully saturated rings. The molecule has 0 saturated heterocycles. The summed E-state index contributed by atoms with van der Waals surface area (Å²) >= 11 is 0. The van der Waals surface area contributed by atoms with E-state index in [1.807, 2.05) is 54.3 Å². The van der Waals surface area contributed by atoms with E-state index in [1.165, 1.54) is 13.5 Å². The largest absolute Gasteiger partial charge is 0.453 e. The molecule has 0 radical (unpaired) electrons. The summed E-state index contributed by atoms with van der Waals surface area (Å²) in [6.45, 7) is 4.47. The van der Waals surface area contributed by atoms with Crippen LogP contribution in [0, 0.1) is 5.92 Å². The number of unbranched alkanes of at least 4 members (excludes halogenated alkanes) is 1. The SMILES string of the molecule is CCCCC1=N[C@](C)(C2CCCCC2)C(=O)N1Cc1ccc(-c2ccccc2)c(C(=O)NC(=O)OC)c1. The molecule has 1 aliphatic carbocycles. The molecule has 2 aromatic rings. The normalized spacial score (nSPS) is 20.0. The van der Waals surface area contributed by atoms with Gasteiger partial charge < -0.3 is 4.74 Å². The molecule has 4 rings (SSSR count). The highest BCUT2D eigenvalue weighted by molar-refractivity contribution is 6.09. The van der Waals surface area contributed by atoms with E-state index in [2.05, 4.69) is 17.0 Å². The fraction of sp³-hybridized carbons (Fsp3) is 0.467. The Morgan fingerprint density at radius 2 is 1.84 bits per heavy atom. The van der Waals surface area contributed by atoms with Crippen LogP contribution in [0.2, 0.25) is 0 Å². The third-order valence-corrected chi connectivity index (χ3v) is 7.66. The first-order chi connectivity index (χ1) is 17.9. The van der Waals surface area contributed by atoms with Crippen molar-refractivity contribution < 1.29 is 19.1 Å². The number of nitrogens with zero attached hydrogens (tertiary/aromatic N) is 2. The number of ether oxygens (including phenoxy) is 1. The average Bonchev–Trinajstić information content (AvgIpc) is 3.18. The molecule has 37 heavy (non-hydrogen) atoms. The maximum Gasteiger partial charge on any atom is 0.413 e. The summed E-state index contributed by atoms with van der Waals surface area (Å²) in [6.07, 6.45) is 7.49. The van der Waals surface area contributed by atoms with Crippen molar-refractivity contribution in [1.29, 1.82) is 0 Å². The smallest absolute Gasteiger partial charge is 0.413 e. The molecular weight excluding hydrogens is 466 g/mol. The Morgan fingerprint density at radius 1 is 1.11 bits per heavy atom. The Kier molecular flexibility index (Phi) is 8.41. The third-order valence-electron chi connectivity index (χ3n) is 7.66. The summed E-state index contributed by atoms with van der Waals surface area (Å²) in [4.78, 5) is 45.6. The molecule has 7 heteroatoms. The van der Waals surface area contributed by atoms with Crippen LogP contribution in [0.3, 0.4) is 0 Å². The van der Waals surface area contributed by atoms with Crippen LogP contribution in [0.4, 0.5) is 4.79 Å². The second-order valence-corrected chi connectivity index (χ2v) is 10.2. The Labute approximate surface area is 219 Å². The van der Waals surface area contributed by atoms with Crippen molar-refractivity contribution in [3.05, 3.63) is 59.7 Å². The van der Waals surface area contributed by atoms with Gasteiger partial charge in [-0.05, 0) is 54.9 Å². The summed E-state index contributed by atoms with van der Waals surface area (Å²) in [6, 6.07) is 15.1. The lowest BCUT2D eigenvalue weighted by Crippen LogP contribution is -2.45. The quantitative estimate of drug-likeness (QED) is 0.470. The highest BCUT2D eigenvalue weighted by Gasteiger charge is 2.49. The van der Waals surface area contributed by atoms with Crippen LogP contribution < -0.4 is 5.32 Å². The van der Waals surface area contributed by atoms with E-state index < -0.39 is 17.5 Å². The average molecular weight is 504 g/mol. The minimum Gasteiger partial charge on any atom is -0.453 e. The number of benzene rings is 2. The number of alkyl carbamates (subject to hydrolysis) is 1. The molecule has 0 unspecified atom stereocenters. The van der Waals surface area contributed by atoms with E-state index in [-0.39, 0.29) is 11.8 Å². The van der Waals surface area contributed by atoms with E-state index in [0.29, 0.717) is 17.7 Å². The van der Waals surface area contributed by atoms with Crippen molar-refractivity contribution in [3.63, 3.8) is 0 Å². The topological polar surface area (TPSA) is 88.1 Å². The van der Waals surface area contributed by atoms with Gasteiger partial charge in [0.15, 0.2) is 0 Å². The standard InChI is InChI=1S/C30H37N3O4/c1-4-5-16-26-32-30(2,23-14-10-7-11-15-23)28(35)33(26)20-21-17-18-24(22-12-8-6-9-13-22)25(19-21)27(34)31-29(36)37-3/h6,8-9,12-13,17-19,23H,4-5,7,10-11,14-16,20H2,1-3H3,(H,31,34,36)/t30-/m1/s1. The van der Waals surface area contributed by atoms with Gasteiger partial charge in [0, 0.05) is 12.0 Å². The number of imide groups is 1. The van der Waals surface area contributed by atoms with Gasteiger partial charge in [0.25, 0.3) is 11.8 Å². The lowest BCUT2D eigenvalue weighted by atomic mass is 9.75. The molecule has 1 heterocycles. The van der Waals surface area contributed by atoms with Crippen molar-refractivity contribution in [2.24, 2.45) is 10.9 Å². The number of hydrogen-bond acceptors (Lipinski definition) is 5. The van der Waals surface area contributed by atoms with Crippen LogP contribution in [0.1, 0.15) is 81.1 Å². The van der Waals surface area contributed by atoms with E-state index in [4.69, 9.17) is 4.99 Å². The Balaban J connectivity index is 1.66. The first-order valence-electron chi connectivity index (χ1n) is 13.4. The van der Waals surface area contributed by atoms with E-state index in [9.17, 15) is 14.4 Å². The van der Waals surface area contributed by atoms with E-state index in [1.54, 1.807) is 6.07 Å². The zero-order chi connectivity index (χ0) is 26.4. The first kappa shape index (κ1) is 26.6. The van der Waals surface area contributed by atoms with Gasteiger partial charge >= 0.3 is 6.09 Å². The monoisotopic (exact) mass is 503 g/mol. The fourth-order valence-electron chi connectivity index (χ4n) is 5.53. The molecule has 1 atom stereocenters. The molecule has 1 N–H and O–H groups in total. The molecular formula is C30H37N3O4. The van der Waals surface area contributed by atoms with Crippen molar-refractivity contribution >= 4 is 23.7 Å². The lowest BCUT2D eigenvalue weighted by molar-refractivity contribution is -0.133. The Bertz CT molecular complexity index is 1170. The van der Waals surface area contributed by atoms with Gasteiger partial charge in [0.05, 0.1) is 13.7 Å². The summed E-state index contributed by atoms with van der Waals surface area (Å²) < 4.78 is 4.63. The molecule has 1 saturated carbocycles. The zero-order valence-electron chi connectivity index (χ0n) is 22.1. The summed E-state index contributed by atoms with van der Waals surface area (Å²) in [5.74, 6) is 0.607. The number of hydrogen-bond donors (Lipinski definition) is 1. The second kappa shape index (κ2) is 11.7. The van der Waals surface area contributed by atoms with Crippen LogP contribution in [0.5, 0.6) is 0 Å². The third kappa shape index (κ3) is 5.76. The fourth-order valence-corrected chi connectivity index (χ4v) is 5.53. The van der Waals surface area contributed by atoms with Crippen molar-refractivity contribution in [2.75, 3.05) is 7.11 Å². The molecule has 0 aromatic heterocycles. The molecule has 2 aliphatic rings. The second-order valence-electron chi connectivity index (χ2n) is 10.2. The first-order valence-corrected chi connectivity index (χ1v) is 13.4. The minimum atomic E-state index is -0.818. The van der Waals surface area contributed by atoms with Crippen molar-refractivity contribution in [3.8, 4) is 11.1 Å². The molecule has 3 amide bonds. The molecule has 0 bridgehead atoms. The number of methoxy groups -OCH3 is 1. The van der Waals surface area contributed by atoms with Crippen LogP contribution in [0.25, 0.3) is 11.1 Å². The van der Waals surface area contributed by atoms with E-state index in [0.717, 1.165) is 61.9 Å². The van der Waals surface area contributed by atoms with Gasteiger partial charge in [-0.15, -0.1) is 0 Å². The number of carbonyl (C=O) groups excluding carboxylic acids is 3. The Hall–Kier alpha value is -3.48. The predicted molar refractivity (Wildman–Crippen MR) is 144 cm³/mol. The van der Waals surface area contributed by atoms with Crippen LogP contribution in [-0.2, 0) is 16.1 Å². The highest BCUT2D eigenvalue weighted by Crippen LogP contribution is 2.40. The van der Waals surface area contributed by atoms with Gasteiger partial charge in [-0.2, -0.15) is 0 Å². The summed E-state index contributed by atoms with van der Waals surface area (Å²) in [7, 11) is 1.22. The molecule has 2 aromatic carbocycles. The van der Waals surface area contributed by atoms with Gasteiger partial charge in [0.2, 0.25) is 0 Å². The predicted octanol–water partition coefficient (Wildman–Crippen LogP) is 6.12. The number of nitrogens with one attached hydrogen (secondary N) is 1. The van der Waals surface area contributed by atoms with Gasteiger partial charge in [-0.25, -0.2) is 4.79 Å². The van der Waals surface area contributed by atoms with Crippen LogP contribution in [-0.4, -0.2) is 41.3 Å². The molecule has 196 valence electrons. The number of amides is 3. The number of carbonyl (C=O) groups is 3. The summed E-state index contributed by atoms with van der Waals surface area (Å²) in [5, 5.41) is 2.27. The number of amidine groups is 1. The molecule has 7 nitrogen and oxygen atoms in total. The summed E-state index contributed by atoms with van der Waals surface area (Å²) in [5.41, 5.74) is 1.99. The van der Waals surface area contributed by atoms with Crippen molar-refractivity contribution in [2.45, 2.75) is 77.3 Å². The lowest BCUT2D eigenvalue weighted by Gasteiger charge is -2.33. The Morgan fingerprint density at radius 3 is 2.51 bits per heavy atom. The minimum absolute atomic E-state index is 0.0539. The van der Waals surface area contributed by atoms with Crippen LogP contribution in [0.15, 0.2) is 53.5 Å². The van der Waals surface area contributed by atoms with Gasteiger partial charge in [-0.3, -0.25) is 24.8 Å². The highest BCUT2D eigenvalue weighted by atomic mass is 16.5. The number of rotatable bonds is 8. The van der Waals surface area contributed by atoms with Crippen molar-refractivity contribution in [1.82, 2.24) is 10.2 Å². The maximum absolute atomic E-state index is 13.9. The van der Waals surface area contributed by atoms with E-state index >= 15 is 0 Å². The molecule has 0 spiro atoms. The molecule has 1 aliphatic heterocycles. The van der Waals surface area contributed by atoms with Gasteiger partial charge in [-0.1, -0.05) is 75.1 Å². The van der Waals surface area contributed by atoms with Gasteiger partial charge in [0.1, 0.15) is 11.4 Å². The zero-order valence-corrected chi connectivity index (χ0v) is 22.1. The van der Waals surface area contributed by atoms with Crippen LogP contribution >= 0.6 is 0 Å². The number of aliphatic imine (C=N–C) groups is 1. The maximum atomic E-state index is 13.9.